The molecule has 6 heteroatoms. The van der Waals surface area contributed by atoms with E-state index in [1.165, 1.54) is 7.11 Å². The number of nitrogens with zero attached hydrogens (tertiary/aromatic N) is 1. The quantitative estimate of drug-likeness (QED) is 0.819. The molecule has 1 heterocycles. The zero-order chi connectivity index (χ0) is 9.52. The van der Waals surface area contributed by atoms with Crippen LogP contribution < -0.4 is 5.32 Å². The van der Waals surface area contributed by atoms with E-state index in [0.717, 1.165) is 5.69 Å². The molecule has 0 saturated heterocycles. The van der Waals surface area contributed by atoms with Gasteiger partial charge in [-0.2, -0.15) is 0 Å². The third-order valence-electron chi connectivity index (χ3n) is 1.53. The Bertz CT molecular complexity index is 270. The van der Waals surface area contributed by atoms with Crippen LogP contribution in [-0.4, -0.2) is 24.6 Å². The van der Waals surface area contributed by atoms with Gasteiger partial charge in [0.15, 0.2) is 0 Å². The van der Waals surface area contributed by atoms with Gasteiger partial charge in [0.25, 0.3) is 0 Å². The molecule has 0 aliphatic carbocycles. The molecule has 1 aromatic rings. The normalized spacial score (nSPS) is 8.33. The van der Waals surface area contributed by atoms with E-state index in [2.05, 4.69) is 15.0 Å². The van der Waals surface area contributed by atoms with E-state index in [1.54, 1.807) is 6.20 Å². The first-order valence-corrected chi connectivity index (χ1v) is 4.00. The molecular weight excluding hydrogens is 239 g/mol. The molecule has 0 amide bonds. The van der Waals surface area contributed by atoms with Crippen LogP contribution in [0.1, 0.15) is 5.69 Å². The number of carbonyl (C=O) groups is 1. The number of halogens is 2. The molecule has 0 radical (unpaired) electrons. The monoisotopic (exact) mass is 252 g/mol. The molecule has 0 saturated carbocycles. The lowest BCUT2D eigenvalue weighted by atomic mass is 10.3. The van der Waals surface area contributed by atoms with Gasteiger partial charge in [0.2, 0.25) is 0 Å². The van der Waals surface area contributed by atoms with Crippen LogP contribution in [-0.2, 0) is 16.1 Å². The molecule has 0 atom stereocenters. The number of nitrogens with one attached hydrogen (secondary N) is 1. The predicted octanol–water partition coefficient (Wildman–Crippen LogP) is 1.19. The smallest absolute Gasteiger partial charge is 0.319 e. The molecule has 0 fully saturated rings. The van der Waals surface area contributed by atoms with Gasteiger partial charge < -0.3 is 10.1 Å². The predicted molar refractivity (Wildman–Crippen MR) is 62.5 cm³/mol. The standard InChI is InChI=1S/C9H12N2O2.2ClH/c1-13-9(12)7-10-6-8-4-2-3-5-11-8;;/h2-5,10H,6-7H2,1H3;2*1H. The second kappa shape index (κ2) is 9.71. The van der Waals surface area contributed by atoms with Crippen molar-refractivity contribution in [3.05, 3.63) is 30.1 Å². The molecule has 0 spiro atoms. The number of ether oxygens (including phenoxy) is 1. The molecule has 1 aromatic heterocycles. The maximum absolute atomic E-state index is 10.7. The highest BCUT2D eigenvalue weighted by molar-refractivity contribution is 5.85. The minimum Gasteiger partial charge on any atom is -0.468 e. The lowest BCUT2D eigenvalue weighted by molar-refractivity contribution is -0.139. The summed E-state index contributed by atoms with van der Waals surface area (Å²) in [7, 11) is 1.37. The second-order valence-corrected chi connectivity index (χ2v) is 2.50. The lowest BCUT2D eigenvalue weighted by Crippen LogP contribution is -2.23. The number of rotatable bonds is 4. The van der Waals surface area contributed by atoms with Crippen molar-refractivity contribution in [1.29, 1.82) is 0 Å². The van der Waals surface area contributed by atoms with Crippen molar-refractivity contribution >= 4 is 30.8 Å². The Hall–Kier alpha value is -0.840. The average Bonchev–Trinajstić information content (AvgIpc) is 2.19. The highest BCUT2D eigenvalue weighted by Gasteiger charge is 1.98. The Labute approximate surface area is 101 Å². The largest absolute Gasteiger partial charge is 0.468 e. The molecule has 0 aromatic carbocycles. The van der Waals surface area contributed by atoms with Gasteiger partial charge in [0, 0.05) is 12.7 Å². The highest BCUT2D eigenvalue weighted by Crippen LogP contribution is 1.91. The average molecular weight is 253 g/mol. The first-order valence-electron chi connectivity index (χ1n) is 4.00. The molecule has 1 rings (SSSR count). The minimum absolute atomic E-state index is 0. The highest BCUT2D eigenvalue weighted by atomic mass is 35.5. The van der Waals surface area contributed by atoms with E-state index in [4.69, 9.17) is 0 Å². The summed E-state index contributed by atoms with van der Waals surface area (Å²) in [5.74, 6) is -0.268. The third kappa shape index (κ3) is 7.13. The maximum atomic E-state index is 10.7. The number of aromatic nitrogens is 1. The van der Waals surface area contributed by atoms with Gasteiger partial charge in [0.05, 0.1) is 19.3 Å². The Morgan fingerprint density at radius 1 is 1.47 bits per heavy atom. The molecule has 0 aliphatic rings. The summed E-state index contributed by atoms with van der Waals surface area (Å²) in [4.78, 5) is 14.8. The van der Waals surface area contributed by atoms with E-state index in [9.17, 15) is 4.79 Å². The summed E-state index contributed by atoms with van der Waals surface area (Å²) < 4.78 is 4.47. The van der Waals surface area contributed by atoms with Crippen LogP contribution in [0, 0.1) is 0 Å². The van der Waals surface area contributed by atoms with E-state index in [1.807, 2.05) is 18.2 Å². The summed E-state index contributed by atoms with van der Waals surface area (Å²) in [5.41, 5.74) is 0.909. The van der Waals surface area contributed by atoms with Crippen LogP contribution in [0.3, 0.4) is 0 Å². The number of hydrogen-bond acceptors (Lipinski definition) is 4. The molecular formula is C9H14Cl2N2O2. The van der Waals surface area contributed by atoms with Crippen LogP contribution in [0.25, 0.3) is 0 Å². The molecule has 0 aliphatic heterocycles. The third-order valence-corrected chi connectivity index (χ3v) is 1.53. The van der Waals surface area contributed by atoms with E-state index >= 15 is 0 Å². The van der Waals surface area contributed by atoms with E-state index < -0.39 is 0 Å². The molecule has 0 bridgehead atoms. The second-order valence-electron chi connectivity index (χ2n) is 2.50. The number of carbonyl (C=O) groups excluding carboxylic acids is 1. The fourth-order valence-electron chi connectivity index (χ4n) is 0.867. The Morgan fingerprint density at radius 3 is 2.73 bits per heavy atom. The van der Waals surface area contributed by atoms with Gasteiger partial charge in [-0.25, -0.2) is 0 Å². The van der Waals surface area contributed by atoms with Crippen molar-refractivity contribution in [2.45, 2.75) is 6.54 Å². The van der Waals surface area contributed by atoms with Crippen molar-refractivity contribution in [2.75, 3.05) is 13.7 Å². The van der Waals surface area contributed by atoms with Crippen molar-refractivity contribution in [2.24, 2.45) is 0 Å². The fraction of sp³-hybridized carbons (Fsp3) is 0.333. The summed E-state index contributed by atoms with van der Waals surface area (Å²) in [6.45, 7) is 0.795. The first-order chi connectivity index (χ1) is 6.33. The number of esters is 1. The van der Waals surface area contributed by atoms with E-state index in [0.29, 0.717) is 6.54 Å². The Kier molecular flexibility index (Phi) is 10.7. The molecule has 1 N–H and O–H groups in total. The molecule has 4 nitrogen and oxygen atoms in total. The van der Waals surface area contributed by atoms with Gasteiger partial charge in [-0.05, 0) is 12.1 Å². The number of pyridine rings is 1. The zero-order valence-corrected chi connectivity index (χ0v) is 9.94. The summed E-state index contributed by atoms with van der Waals surface area (Å²) in [5, 5.41) is 2.92. The van der Waals surface area contributed by atoms with Gasteiger partial charge in [-0.1, -0.05) is 6.07 Å². The number of methoxy groups -OCH3 is 1. The maximum Gasteiger partial charge on any atom is 0.319 e. The lowest BCUT2D eigenvalue weighted by Gasteiger charge is -2.01. The van der Waals surface area contributed by atoms with Gasteiger partial charge in [-0.15, -0.1) is 24.8 Å². The Balaban J connectivity index is 0. The molecule has 86 valence electrons. The summed E-state index contributed by atoms with van der Waals surface area (Å²) in [6.07, 6.45) is 1.72. The zero-order valence-electron chi connectivity index (χ0n) is 8.30. The van der Waals surface area contributed by atoms with Crippen LogP contribution in [0.15, 0.2) is 24.4 Å². The van der Waals surface area contributed by atoms with Crippen molar-refractivity contribution in [3.63, 3.8) is 0 Å². The molecule has 0 unspecified atom stereocenters. The van der Waals surface area contributed by atoms with Crippen LogP contribution >= 0.6 is 24.8 Å². The fourth-order valence-corrected chi connectivity index (χ4v) is 0.867. The summed E-state index contributed by atoms with van der Waals surface area (Å²) in [6, 6.07) is 5.65. The Morgan fingerprint density at radius 2 is 2.20 bits per heavy atom. The van der Waals surface area contributed by atoms with Gasteiger partial charge in [-0.3, -0.25) is 9.78 Å². The summed E-state index contributed by atoms with van der Waals surface area (Å²) >= 11 is 0. The molecule has 15 heavy (non-hydrogen) atoms. The van der Waals surface area contributed by atoms with Gasteiger partial charge >= 0.3 is 5.97 Å². The van der Waals surface area contributed by atoms with Gasteiger partial charge in [0.1, 0.15) is 0 Å². The van der Waals surface area contributed by atoms with Crippen LogP contribution in [0.5, 0.6) is 0 Å². The van der Waals surface area contributed by atoms with Crippen molar-refractivity contribution in [1.82, 2.24) is 10.3 Å². The van der Waals surface area contributed by atoms with Crippen molar-refractivity contribution in [3.8, 4) is 0 Å². The number of hydrogen-bond donors (Lipinski definition) is 1. The van der Waals surface area contributed by atoms with Crippen LogP contribution in [0.4, 0.5) is 0 Å². The van der Waals surface area contributed by atoms with Crippen molar-refractivity contribution < 1.29 is 9.53 Å². The SMILES string of the molecule is COC(=O)CNCc1ccccn1.Cl.Cl. The minimum atomic E-state index is -0.268. The van der Waals surface area contributed by atoms with E-state index in [-0.39, 0.29) is 37.3 Å². The topological polar surface area (TPSA) is 51.2 Å². The van der Waals surface area contributed by atoms with Crippen LogP contribution in [0.2, 0.25) is 0 Å². The first kappa shape index (κ1) is 16.6.